The largest absolute Gasteiger partial charge is 0.381 e. The molecule has 1 heterocycles. The van der Waals surface area contributed by atoms with Crippen molar-refractivity contribution < 1.29 is 4.74 Å². The van der Waals surface area contributed by atoms with Crippen molar-refractivity contribution in [1.29, 1.82) is 0 Å². The molecular formula is C15H23NOS. The Kier molecular flexibility index (Phi) is 5.10. The Balaban J connectivity index is 1.92. The predicted octanol–water partition coefficient (Wildman–Crippen LogP) is 3.02. The van der Waals surface area contributed by atoms with E-state index in [-0.39, 0.29) is 0 Å². The Bertz CT molecular complexity index is 388. The first-order valence-corrected chi connectivity index (χ1v) is 7.64. The molecule has 1 aromatic rings. The second kappa shape index (κ2) is 6.60. The van der Waals surface area contributed by atoms with Gasteiger partial charge in [-0.1, -0.05) is 17.7 Å². The highest BCUT2D eigenvalue weighted by molar-refractivity contribution is 7.99. The minimum absolute atomic E-state index is 0.554. The number of hydrogen-bond acceptors (Lipinski definition) is 3. The van der Waals surface area contributed by atoms with Gasteiger partial charge in [-0.15, -0.1) is 11.8 Å². The first kappa shape index (κ1) is 13.9. The fraction of sp³-hybridized carbons (Fsp3) is 0.600. The summed E-state index contributed by atoms with van der Waals surface area (Å²) in [6, 6.07) is 7.25. The second-order valence-electron chi connectivity index (χ2n) is 5.10. The average molecular weight is 265 g/mol. The zero-order valence-electron chi connectivity index (χ0n) is 11.5. The Morgan fingerprint density at radius 3 is 2.89 bits per heavy atom. The van der Waals surface area contributed by atoms with E-state index >= 15 is 0 Å². The van der Waals surface area contributed by atoms with Crippen LogP contribution in [0.4, 0.5) is 0 Å². The van der Waals surface area contributed by atoms with Gasteiger partial charge >= 0.3 is 0 Å². The highest BCUT2D eigenvalue weighted by Crippen LogP contribution is 2.27. The van der Waals surface area contributed by atoms with Crippen molar-refractivity contribution in [3.05, 3.63) is 29.3 Å². The van der Waals surface area contributed by atoms with Gasteiger partial charge in [-0.2, -0.15) is 0 Å². The molecule has 0 saturated carbocycles. The molecule has 3 heteroatoms. The van der Waals surface area contributed by atoms with Crippen LogP contribution >= 0.6 is 11.8 Å². The first-order chi connectivity index (χ1) is 8.70. The van der Waals surface area contributed by atoms with Crippen molar-refractivity contribution in [2.75, 3.05) is 26.0 Å². The van der Waals surface area contributed by atoms with E-state index < -0.39 is 0 Å². The molecule has 0 aromatic heterocycles. The standard InChI is InChI=1S/C15H23NOS/c1-11-4-5-15(12(2)8-11)18-10-14(16-3)13-6-7-17-9-13/h4-5,8,13-14,16H,6-7,9-10H2,1-3H3. The van der Waals surface area contributed by atoms with Gasteiger partial charge in [-0.3, -0.25) is 0 Å². The van der Waals surface area contributed by atoms with E-state index in [1.54, 1.807) is 0 Å². The molecule has 2 unspecified atom stereocenters. The van der Waals surface area contributed by atoms with Gasteiger partial charge in [-0.25, -0.2) is 0 Å². The molecule has 100 valence electrons. The van der Waals surface area contributed by atoms with E-state index in [2.05, 4.69) is 44.4 Å². The molecule has 2 rings (SSSR count). The van der Waals surface area contributed by atoms with Gasteiger partial charge in [0.25, 0.3) is 0 Å². The molecule has 1 fully saturated rings. The summed E-state index contributed by atoms with van der Waals surface area (Å²) in [5, 5.41) is 3.44. The fourth-order valence-electron chi connectivity index (χ4n) is 2.47. The number of rotatable bonds is 5. The van der Waals surface area contributed by atoms with Crippen molar-refractivity contribution in [2.24, 2.45) is 5.92 Å². The van der Waals surface area contributed by atoms with Crippen LogP contribution in [0.5, 0.6) is 0 Å². The highest BCUT2D eigenvalue weighted by atomic mass is 32.2. The molecule has 1 aliphatic rings. The lowest BCUT2D eigenvalue weighted by molar-refractivity contribution is 0.180. The van der Waals surface area contributed by atoms with Crippen LogP contribution in [-0.2, 0) is 4.74 Å². The van der Waals surface area contributed by atoms with E-state index in [9.17, 15) is 0 Å². The van der Waals surface area contributed by atoms with Crippen LogP contribution < -0.4 is 5.32 Å². The summed E-state index contributed by atoms with van der Waals surface area (Å²) in [6.45, 7) is 6.19. The van der Waals surface area contributed by atoms with Gasteiger partial charge in [0.15, 0.2) is 0 Å². The van der Waals surface area contributed by atoms with Gasteiger partial charge in [-0.05, 0) is 38.9 Å². The molecular weight excluding hydrogens is 242 g/mol. The van der Waals surface area contributed by atoms with Crippen molar-refractivity contribution in [3.8, 4) is 0 Å². The summed E-state index contributed by atoms with van der Waals surface area (Å²) in [6.07, 6.45) is 1.19. The number of aryl methyl sites for hydroxylation is 2. The van der Waals surface area contributed by atoms with Crippen LogP contribution in [-0.4, -0.2) is 32.1 Å². The van der Waals surface area contributed by atoms with Crippen LogP contribution in [0.3, 0.4) is 0 Å². The number of ether oxygens (including phenoxy) is 1. The molecule has 1 N–H and O–H groups in total. The third-order valence-electron chi connectivity index (χ3n) is 3.65. The maximum absolute atomic E-state index is 5.48. The number of nitrogens with one attached hydrogen (secondary N) is 1. The van der Waals surface area contributed by atoms with E-state index in [1.807, 2.05) is 11.8 Å². The molecule has 2 nitrogen and oxygen atoms in total. The first-order valence-electron chi connectivity index (χ1n) is 6.65. The molecule has 0 radical (unpaired) electrons. The van der Waals surface area contributed by atoms with Crippen LogP contribution in [0.2, 0.25) is 0 Å². The Morgan fingerprint density at radius 1 is 1.44 bits per heavy atom. The molecule has 0 spiro atoms. The maximum atomic E-state index is 5.48. The van der Waals surface area contributed by atoms with Gasteiger partial charge in [0.1, 0.15) is 0 Å². The summed E-state index contributed by atoms with van der Waals surface area (Å²) in [5.74, 6) is 1.79. The van der Waals surface area contributed by atoms with Crippen LogP contribution in [0.25, 0.3) is 0 Å². The summed E-state index contributed by atoms with van der Waals surface area (Å²) < 4.78 is 5.48. The fourth-order valence-corrected chi connectivity index (χ4v) is 3.71. The molecule has 1 aliphatic heterocycles. The smallest absolute Gasteiger partial charge is 0.0510 e. The second-order valence-corrected chi connectivity index (χ2v) is 6.16. The van der Waals surface area contributed by atoms with E-state index in [4.69, 9.17) is 4.74 Å². The van der Waals surface area contributed by atoms with Gasteiger partial charge in [0, 0.05) is 29.2 Å². The minimum Gasteiger partial charge on any atom is -0.381 e. The minimum atomic E-state index is 0.554. The lowest BCUT2D eigenvalue weighted by atomic mass is 10.0. The number of hydrogen-bond donors (Lipinski definition) is 1. The lowest BCUT2D eigenvalue weighted by Crippen LogP contribution is -2.36. The zero-order valence-corrected chi connectivity index (χ0v) is 12.3. The Labute approximate surface area is 114 Å². The van der Waals surface area contributed by atoms with E-state index in [0.29, 0.717) is 12.0 Å². The Hall–Kier alpha value is -0.510. The van der Waals surface area contributed by atoms with Crippen molar-refractivity contribution in [1.82, 2.24) is 5.32 Å². The maximum Gasteiger partial charge on any atom is 0.0510 e. The molecule has 1 aromatic carbocycles. The number of benzene rings is 1. The number of thioether (sulfide) groups is 1. The van der Waals surface area contributed by atoms with E-state index in [0.717, 1.165) is 19.0 Å². The predicted molar refractivity (Wildman–Crippen MR) is 78.4 cm³/mol. The quantitative estimate of drug-likeness (QED) is 0.827. The van der Waals surface area contributed by atoms with Crippen molar-refractivity contribution >= 4 is 11.8 Å². The van der Waals surface area contributed by atoms with Crippen LogP contribution in [0.1, 0.15) is 17.5 Å². The summed E-state index contributed by atoms with van der Waals surface area (Å²) in [5.41, 5.74) is 2.73. The van der Waals surface area contributed by atoms with Gasteiger partial charge in [0.2, 0.25) is 0 Å². The van der Waals surface area contributed by atoms with Crippen LogP contribution in [0, 0.1) is 19.8 Å². The topological polar surface area (TPSA) is 21.3 Å². The normalized spacial score (nSPS) is 21.2. The van der Waals surface area contributed by atoms with Gasteiger partial charge < -0.3 is 10.1 Å². The average Bonchev–Trinajstić information content (AvgIpc) is 2.86. The molecule has 0 aliphatic carbocycles. The van der Waals surface area contributed by atoms with Crippen molar-refractivity contribution in [2.45, 2.75) is 31.2 Å². The Morgan fingerprint density at radius 2 is 2.28 bits per heavy atom. The molecule has 2 atom stereocenters. The zero-order chi connectivity index (χ0) is 13.0. The molecule has 1 saturated heterocycles. The van der Waals surface area contributed by atoms with Crippen molar-refractivity contribution in [3.63, 3.8) is 0 Å². The molecule has 0 bridgehead atoms. The van der Waals surface area contributed by atoms with Crippen LogP contribution in [0.15, 0.2) is 23.1 Å². The van der Waals surface area contributed by atoms with Gasteiger partial charge in [0.05, 0.1) is 6.61 Å². The lowest BCUT2D eigenvalue weighted by Gasteiger charge is -2.21. The summed E-state index contributed by atoms with van der Waals surface area (Å²) in [7, 11) is 2.06. The summed E-state index contributed by atoms with van der Waals surface area (Å²) >= 11 is 1.96. The molecule has 0 amide bonds. The SMILES string of the molecule is CNC(CSc1ccc(C)cc1C)C1CCOC1. The monoisotopic (exact) mass is 265 g/mol. The third kappa shape index (κ3) is 3.50. The highest BCUT2D eigenvalue weighted by Gasteiger charge is 2.24. The third-order valence-corrected chi connectivity index (χ3v) is 4.95. The summed E-state index contributed by atoms with van der Waals surface area (Å²) in [4.78, 5) is 1.40. The molecule has 18 heavy (non-hydrogen) atoms. The van der Waals surface area contributed by atoms with E-state index in [1.165, 1.54) is 22.4 Å².